The minimum atomic E-state index is 0.00579. The molecule has 0 unspecified atom stereocenters. The van der Waals surface area contributed by atoms with Crippen molar-refractivity contribution in [3.8, 4) is 22.6 Å². The first-order chi connectivity index (χ1) is 14.7. The molecule has 0 atom stereocenters. The quantitative estimate of drug-likeness (QED) is 0.278. The summed E-state index contributed by atoms with van der Waals surface area (Å²) in [6, 6.07) is 25.4. The predicted octanol–water partition coefficient (Wildman–Crippen LogP) is 5.89. The number of hydrogen-bond donors (Lipinski definition) is 0. The van der Waals surface area contributed by atoms with Crippen LogP contribution >= 0.6 is 11.8 Å². The molecule has 0 amide bonds. The summed E-state index contributed by atoms with van der Waals surface area (Å²) < 4.78 is 10.7. The highest BCUT2D eigenvalue weighted by Gasteiger charge is 2.14. The third-order valence-corrected chi connectivity index (χ3v) is 5.75. The Labute approximate surface area is 179 Å². The van der Waals surface area contributed by atoms with Crippen molar-refractivity contribution in [3.05, 3.63) is 84.4 Å². The van der Waals surface area contributed by atoms with Crippen LogP contribution in [0.3, 0.4) is 0 Å². The lowest BCUT2D eigenvalue weighted by molar-refractivity contribution is 0.101. The van der Waals surface area contributed by atoms with E-state index in [1.165, 1.54) is 11.8 Å². The second-order valence-corrected chi connectivity index (χ2v) is 7.66. The molecule has 0 aliphatic rings. The van der Waals surface area contributed by atoms with Crippen molar-refractivity contribution >= 4 is 28.4 Å². The Morgan fingerprint density at radius 1 is 0.900 bits per heavy atom. The van der Waals surface area contributed by atoms with Crippen LogP contribution in [0.25, 0.3) is 22.0 Å². The molecule has 0 fully saturated rings. The minimum Gasteiger partial charge on any atom is -0.497 e. The maximum absolute atomic E-state index is 12.8. The first kappa shape index (κ1) is 20.0. The molecule has 1 aromatic heterocycles. The van der Waals surface area contributed by atoms with Crippen molar-refractivity contribution < 1.29 is 14.3 Å². The molecular formula is C25H21NO3S. The van der Waals surface area contributed by atoms with Crippen LogP contribution in [0, 0.1) is 0 Å². The monoisotopic (exact) mass is 415 g/mol. The fourth-order valence-electron chi connectivity index (χ4n) is 3.33. The number of ketones is 1. The standard InChI is InChI=1S/C25H21NO3S/c1-28-18-12-13-19-21(17-8-4-3-5-9-17)15-25(26-22(19)14-18)30-16-23(27)20-10-6-7-11-24(20)29-2/h3-15H,16H2,1-2H3. The Hall–Kier alpha value is -3.31. The highest BCUT2D eigenvalue weighted by Crippen LogP contribution is 2.33. The summed E-state index contributed by atoms with van der Waals surface area (Å²) in [5, 5.41) is 1.83. The molecule has 0 saturated carbocycles. The van der Waals surface area contributed by atoms with Gasteiger partial charge in [0.25, 0.3) is 0 Å². The van der Waals surface area contributed by atoms with Crippen LogP contribution in [0.15, 0.2) is 83.9 Å². The summed E-state index contributed by atoms with van der Waals surface area (Å²) >= 11 is 1.42. The van der Waals surface area contributed by atoms with E-state index in [2.05, 4.69) is 12.1 Å². The average Bonchev–Trinajstić information content (AvgIpc) is 2.82. The third-order valence-electron chi connectivity index (χ3n) is 4.84. The maximum atomic E-state index is 12.8. The first-order valence-electron chi connectivity index (χ1n) is 9.53. The highest BCUT2D eigenvalue weighted by atomic mass is 32.2. The highest BCUT2D eigenvalue weighted by molar-refractivity contribution is 7.99. The van der Waals surface area contributed by atoms with Crippen molar-refractivity contribution in [2.45, 2.75) is 5.03 Å². The van der Waals surface area contributed by atoms with Crippen LogP contribution in [-0.4, -0.2) is 30.7 Å². The lowest BCUT2D eigenvalue weighted by Gasteiger charge is -2.11. The van der Waals surface area contributed by atoms with Crippen LogP contribution in [-0.2, 0) is 0 Å². The van der Waals surface area contributed by atoms with Gasteiger partial charge in [-0.05, 0) is 41.5 Å². The summed E-state index contributed by atoms with van der Waals surface area (Å²) in [6.07, 6.45) is 0. The Bertz CT molecular complexity index is 1190. The van der Waals surface area contributed by atoms with E-state index in [1.54, 1.807) is 26.4 Å². The maximum Gasteiger partial charge on any atom is 0.176 e. The molecule has 4 nitrogen and oxygen atoms in total. The number of pyridine rings is 1. The van der Waals surface area contributed by atoms with E-state index in [9.17, 15) is 4.79 Å². The number of benzene rings is 3. The van der Waals surface area contributed by atoms with Crippen LogP contribution in [0.1, 0.15) is 10.4 Å². The van der Waals surface area contributed by atoms with Gasteiger partial charge in [0, 0.05) is 11.5 Å². The van der Waals surface area contributed by atoms with E-state index >= 15 is 0 Å². The van der Waals surface area contributed by atoms with Gasteiger partial charge in [0.2, 0.25) is 0 Å². The topological polar surface area (TPSA) is 48.4 Å². The van der Waals surface area contributed by atoms with Gasteiger partial charge in [0.1, 0.15) is 11.5 Å². The largest absolute Gasteiger partial charge is 0.497 e. The van der Waals surface area contributed by atoms with E-state index in [4.69, 9.17) is 14.5 Å². The zero-order valence-electron chi connectivity index (χ0n) is 16.8. The van der Waals surface area contributed by atoms with Crippen LogP contribution < -0.4 is 9.47 Å². The van der Waals surface area contributed by atoms with Gasteiger partial charge in [-0.25, -0.2) is 4.98 Å². The number of thioether (sulfide) groups is 1. The predicted molar refractivity (Wildman–Crippen MR) is 122 cm³/mol. The molecule has 0 bridgehead atoms. The van der Waals surface area contributed by atoms with Crippen LogP contribution in [0.4, 0.5) is 0 Å². The van der Waals surface area contributed by atoms with Gasteiger partial charge in [-0.15, -0.1) is 0 Å². The second-order valence-electron chi connectivity index (χ2n) is 6.67. The minimum absolute atomic E-state index is 0.00579. The molecule has 5 heteroatoms. The Morgan fingerprint density at radius 2 is 1.67 bits per heavy atom. The van der Waals surface area contributed by atoms with Gasteiger partial charge < -0.3 is 9.47 Å². The molecule has 4 rings (SSSR count). The molecular weight excluding hydrogens is 394 g/mol. The zero-order valence-corrected chi connectivity index (χ0v) is 17.6. The number of carbonyl (C=O) groups excluding carboxylic acids is 1. The molecule has 0 radical (unpaired) electrons. The SMILES string of the molecule is COc1ccc2c(-c3ccccc3)cc(SCC(=O)c3ccccc3OC)nc2c1. The number of para-hydroxylation sites is 1. The lowest BCUT2D eigenvalue weighted by Crippen LogP contribution is -2.05. The molecule has 0 N–H and O–H groups in total. The number of Topliss-reactive ketones (excluding diaryl/α,β-unsaturated/α-hetero) is 1. The van der Waals surface area contributed by atoms with Crippen molar-refractivity contribution in [1.29, 1.82) is 0 Å². The molecule has 30 heavy (non-hydrogen) atoms. The average molecular weight is 416 g/mol. The number of nitrogens with zero attached hydrogens (tertiary/aromatic N) is 1. The molecule has 0 saturated heterocycles. The molecule has 4 aromatic rings. The van der Waals surface area contributed by atoms with Crippen LogP contribution in [0.5, 0.6) is 11.5 Å². The van der Waals surface area contributed by atoms with E-state index in [1.807, 2.05) is 54.6 Å². The second kappa shape index (κ2) is 9.01. The number of rotatable bonds is 7. The molecule has 0 aliphatic heterocycles. The fourth-order valence-corrected chi connectivity index (χ4v) is 4.13. The van der Waals surface area contributed by atoms with Crippen LogP contribution in [0.2, 0.25) is 0 Å². The Kier molecular flexibility index (Phi) is 6.00. The summed E-state index contributed by atoms with van der Waals surface area (Å²) in [5.41, 5.74) is 3.60. The molecule has 0 aliphatic carbocycles. The molecule has 150 valence electrons. The van der Waals surface area contributed by atoms with Gasteiger partial charge in [0.05, 0.1) is 36.1 Å². The number of hydrogen-bond acceptors (Lipinski definition) is 5. The smallest absolute Gasteiger partial charge is 0.176 e. The normalized spacial score (nSPS) is 10.7. The number of carbonyl (C=O) groups is 1. The van der Waals surface area contributed by atoms with Gasteiger partial charge in [0.15, 0.2) is 5.78 Å². The van der Waals surface area contributed by atoms with Crippen molar-refractivity contribution in [1.82, 2.24) is 4.98 Å². The first-order valence-corrected chi connectivity index (χ1v) is 10.5. The van der Waals surface area contributed by atoms with Gasteiger partial charge in [-0.2, -0.15) is 0 Å². The summed E-state index contributed by atoms with van der Waals surface area (Å²) in [5.74, 6) is 1.62. The molecule has 3 aromatic carbocycles. The van der Waals surface area contributed by atoms with Gasteiger partial charge in [-0.3, -0.25) is 4.79 Å². The molecule has 0 spiro atoms. The fraction of sp³-hybridized carbons (Fsp3) is 0.120. The summed E-state index contributed by atoms with van der Waals surface area (Å²) in [7, 11) is 3.22. The number of fused-ring (bicyclic) bond motifs is 1. The van der Waals surface area contributed by atoms with E-state index in [-0.39, 0.29) is 11.5 Å². The summed E-state index contributed by atoms with van der Waals surface area (Å²) in [4.78, 5) is 17.5. The third kappa shape index (κ3) is 4.16. The molecule has 1 heterocycles. The van der Waals surface area contributed by atoms with E-state index < -0.39 is 0 Å². The summed E-state index contributed by atoms with van der Waals surface area (Å²) in [6.45, 7) is 0. The van der Waals surface area contributed by atoms with Crippen molar-refractivity contribution in [3.63, 3.8) is 0 Å². The lowest BCUT2D eigenvalue weighted by atomic mass is 10.0. The van der Waals surface area contributed by atoms with Gasteiger partial charge in [-0.1, -0.05) is 54.2 Å². The van der Waals surface area contributed by atoms with Crippen molar-refractivity contribution in [2.75, 3.05) is 20.0 Å². The Balaban J connectivity index is 1.69. The Morgan fingerprint density at radius 3 is 2.43 bits per heavy atom. The number of methoxy groups -OCH3 is 2. The van der Waals surface area contributed by atoms with Gasteiger partial charge >= 0.3 is 0 Å². The number of aromatic nitrogens is 1. The van der Waals surface area contributed by atoms with E-state index in [0.29, 0.717) is 11.3 Å². The number of ether oxygens (including phenoxy) is 2. The van der Waals surface area contributed by atoms with Crippen molar-refractivity contribution in [2.24, 2.45) is 0 Å². The zero-order chi connectivity index (χ0) is 20.9. The van der Waals surface area contributed by atoms with E-state index in [0.717, 1.165) is 32.8 Å².